The van der Waals surface area contributed by atoms with Gasteiger partial charge in [-0.2, -0.15) is 0 Å². The molecule has 1 aromatic carbocycles. The summed E-state index contributed by atoms with van der Waals surface area (Å²) in [7, 11) is 0. The van der Waals surface area contributed by atoms with Gasteiger partial charge in [-0.3, -0.25) is 10.1 Å². The highest BCUT2D eigenvalue weighted by molar-refractivity contribution is 9.10. The summed E-state index contributed by atoms with van der Waals surface area (Å²) in [4.78, 5) is 11.7. The first-order valence-electron chi connectivity index (χ1n) is 6.06. The first-order valence-corrected chi connectivity index (χ1v) is 7.23. The molecule has 1 heterocycles. The van der Waals surface area contributed by atoms with Gasteiger partial charge in [0, 0.05) is 22.1 Å². The number of rotatable bonds is 3. The molecule has 1 aromatic rings. The van der Waals surface area contributed by atoms with Crippen molar-refractivity contribution in [2.75, 3.05) is 6.54 Å². The molecule has 2 rings (SSSR count). The minimum absolute atomic E-state index is 0.0550. The lowest BCUT2D eigenvalue weighted by Gasteiger charge is -2.26. The molecule has 1 aliphatic rings. The number of hydrogen-bond acceptors (Lipinski definition) is 2. The van der Waals surface area contributed by atoms with Gasteiger partial charge in [-0.05, 0) is 37.5 Å². The third-order valence-corrected chi connectivity index (χ3v) is 3.99. The summed E-state index contributed by atoms with van der Waals surface area (Å²) in [6.07, 6.45) is 1.90. The Bertz CT molecular complexity index is 453. The Morgan fingerprint density at radius 2 is 2.33 bits per heavy atom. The number of halogens is 2. The molecular formula is C13H16BrClN2O. The van der Waals surface area contributed by atoms with Crippen LogP contribution in [-0.2, 0) is 4.79 Å². The second kappa shape index (κ2) is 6.04. The average Bonchev–Trinajstić information content (AvgIpc) is 2.32. The average molecular weight is 332 g/mol. The number of hydrogen-bond donors (Lipinski definition) is 2. The lowest BCUT2D eigenvalue weighted by Crippen LogP contribution is -2.48. The summed E-state index contributed by atoms with van der Waals surface area (Å²) in [5, 5.41) is 6.91. The Labute approximate surface area is 120 Å². The van der Waals surface area contributed by atoms with Crippen LogP contribution in [0.25, 0.3) is 0 Å². The van der Waals surface area contributed by atoms with Crippen LogP contribution in [0.5, 0.6) is 0 Å². The molecule has 1 aliphatic heterocycles. The van der Waals surface area contributed by atoms with Crippen molar-refractivity contribution in [3.8, 4) is 0 Å². The van der Waals surface area contributed by atoms with Gasteiger partial charge in [0.05, 0.1) is 6.04 Å². The van der Waals surface area contributed by atoms with E-state index in [1.54, 1.807) is 0 Å². The maximum absolute atomic E-state index is 11.7. The largest absolute Gasteiger partial charge is 0.355 e. The van der Waals surface area contributed by atoms with Crippen molar-refractivity contribution in [1.29, 1.82) is 0 Å². The number of carbonyl (C=O) groups is 1. The van der Waals surface area contributed by atoms with Gasteiger partial charge >= 0.3 is 0 Å². The fourth-order valence-electron chi connectivity index (χ4n) is 2.18. The van der Waals surface area contributed by atoms with E-state index >= 15 is 0 Å². The third-order valence-electron chi connectivity index (χ3n) is 3.17. The Hall–Kier alpha value is -0.580. The molecule has 2 N–H and O–H groups in total. The standard InChI is InChI=1S/C13H16BrClN2O/c1-8(10-5-4-9(14)7-11(10)15)17-12-3-2-6-16-13(12)18/h4-5,7-8,12,17H,2-3,6H2,1H3,(H,16,18). The molecule has 2 atom stereocenters. The van der Waals surface area contributed by atoms with Gasteiger partial charge in [0.15, 0.2) is 0 Å². The lowest BCUT2D eigenvalue weighted by atomic mass is 10.0. The summed E-state index contributed by atoms with van der Waals surface area (Å²) in [5.41, 5.74) is 1.01. The van der Waals surface area contributed by atoms with E-state index in [0.29, 0.717) is 5.02 Å². The summed E-state index contributed by atoms with van der Waals surface area (Å²) in [5.74, 6) is 0.0846. The van der Waals surface area contributed by atoms with Crippen LogP contribution in [0.4, 0.5) is 0 Å². The zero-order valence-electron chi connectivity index (χ0n) is 10.2. The molecule has 18 heavy (non-hydrogen) atoms. The van der Waals surface area contributed by atoms with Crippen molar-refractivity contribution in [1.82, 2.24) is 10.6 Å². The van der Waals surface area contributed by atoms with E-state index in [-0.39, 0.29) is 18.0 Å². The minimum Gasteiger partial charge on any atom is -0.355 e. The molecule has 1 fully saturated rings. The summed E-state index contributed by atoms with van der Waals surface area (Å²) in [6.45, 7) is 2.81. The van der Waals surface area contributed by atoms with Crippen molar-refractivity contribution in [3.05, 3.63) is 33.3 Å². The second-order valence-corrected chi connectivity index (χ2v) is 5.86. The van der Waals surface area contributed by atoms with Gasteiger partial charge in [0.25, 0.3) is 0 Å². The van der Waals surface area contributed by atoms with Gasteiger partial charge in [0.2, 0.25) is 5.91 Å². The van der Waals surface area contributed by atoms with Gasteiger partial charge in [-0.25, -0.2) is 0 Å². The van der Waals surface area contributed by atoms with Crippen LogP contribution in [0.2, 0.25) is 5.02 Å². The molecule has 3 nitrogen and oxygen atoms in total. The van der Waals surface area contributed by atoms with Gasteiger partial charge in [-0.1, -0.05) is 33.6 Å². The van der Waals surface area contributed by atoms with Crippen molar-refractivity contribution < 1.29 is 4.79 Å². The van der Waals surface area contributed by atoms with E-state index in [2.05, 4.69) is 26.6 Å². The molecule has 0 radical (unpaired) electrons. The SMILES string of the molecule is CC(NC1CCCNC1=O)c1ccc(Br)cc1Cl. The Balaban J connectivity index is 2.06. The Morgan fingerprint density at radius 1 is 1.56 bits per heavy atom. The summed E-state index contributed by atoms with van der Waals surface area (Å²) in [6, 6.07) is 5.74. The van der Waals surface area contributed by atoms with E-state index < -0.39 is 0 Å². The van der Waals surface area contributed by atoms with E-state index in [1.165, 1.54) is 0 Å². The van der Waals surface area contributed by atoms with Crippen molar-refractivity contribution in [2.45, 2.75) is 31.8 Å². The van der Waals surface area contributed by atoms with Crippen LogP contribution in [0.15, 0.2) is 22.7 Å². The highest BCUT2D eigenvalue weighted by Gasteiger charge is 2.24. The monoisotopic (exact) mass is 330 g/mol. The molecule has 98 valence electrons. The van der Waals surface area contributed by atoms with Crippen LogP contribution in [0, 0.1) is 0 Å². The predicted molar refractivity (Wildman–Crippen MR) is 76.7 cm³/mol. The molecule has 1 amide bonds. The number of benzene rings is 1. The second-order valence-electron chi connectivity index (χ2n) is 4.54. The molecule has 0 spiro atoms. The van der Waals surface area contributed by atoms with Crippen LogP contribution >= 0.6 is 27.5 Å². The normalized spacial score (nSPS) is 21.5. The highest BCUT2D eigenvalue weighted by Crippen LogP contribution is 2.27. The maximum atomic E-state index is 11.7. The van der Waals surface area contributed by atoms with Gasteiger partial charge in [0.1, 0.15) is 0 Å². The quantitative estimate of drug-likeness (QED) is 0.894. The Morgan fingerprint density at radius 3 is 3.00 bits per heavy atom. The minimum atomic E-state index is -0.117. The summed E-state index contributed by atoms with van der Waals surface area (Å²) < 4.78 is 0.957. The van der Waals surface area contributed by atoms with Crippen molar-refractivity contribution in [2.24, 2.45) is 0 Å². The molecular weight excluding hydrogens is 316 g/mol. The van der Waals surface area contributed by atoms with Gasteiger partial charge in [-0.15, -0.1) is 0 Å². The van der Waals surface area contributed by atoms with Crippen molar-refractivity contribution >= 4 is 33.4 Å². The van der Waals surface area contributed by atoms with Crippen molar-refractivity contribution in [3.63, 3.8) is 0 Å². The van der Waals surface area contributed by atoms with Crippen LogP contribution < -0.4 is 10.6 Å². The number of piperidine rings is 1. The first-order chi connectivity index (χ1) is 8.58. The number of carbonyl (C=O) groups excluding carboxylic acids is 1. The zero-order valence-corrected chi connectivity index (χ0v) is 12.5. The smallest absolute Gasteiger partial charge is 0.237 e. The third kappa shape index (κ3) is 3.25. The van der Waals surface area contributed by atoms with E-state index in [9.17, 15) is 4.79 Å². The topological polar surface area (TPSA) is 41.1 Å². The molecule has 2 unspecified atom stereocenters. The number of amides is 1. The van der Waals surface area contributed by atoms with Crippen LogP contribution in [0.1, 0.15) is 31.4 Å². The highest BCUT2D eigenvalue weighted by atomic mass is 79.9. The predicted octanol–water partition coefficient (Wildman–Crippen LogP) is 3.03. The van der Waals surface area contributed by atoms with Crippen LogP contribution in [-0.4, -0.2) is 18.5 Å². The summed E-state index contributed by atoms with van der Waals surface area (Å²) >= 11 is 9.59. The maximum Gasteiger partial charge on any atom is 0.237 e. The fourth-order valence-corrected chi connectivity index (χ4v) is 3.01. The number of nitrogens with one attached hydrogen (secondary N) is 2. The molecule has 0 bridgehead atoms. The fraction of sp³-hybridized carbons (Fsp3) is 0.462. The van der Waals surface area contributed by atoms with Gasteiger partial charge < -0.3 is 5.32 Å². The first kappa shape index (κ1) is 13.8. The lowest BCUT2D eigenvalue weighted by molar-refractivity contribution is -0.124. The molecule has 1 saturated heterocycles. The van der Waals surface area contributed by atoms with E-state index in [4.69, 9.17) is 11.6 Å². The Kier molecular flexibility index (Phi) is 4.65. The van der Waals surface area contributed by atoms with E-state index in [0.717, 1.165) is 29.4 Å². The zero-order chi connectivity index (χ0) is 13.1. The molecule has 0 aromatic heterocycles. The van der Waals surface area contributed by atoms with Crippen LogP contribution in [0.3, 0.4) is 0 Å². The van der Waals surface area contributed by atoms with E-state index in [1.807, 2.05) is 25.1 Å². The molecule has 0 aliphatic carbocycles. The molecule has 5 heteroatoms. The molecule has 0 saturated carbocycles.